The van der Waals surface area contributed by atoms with Crippen molar-refractivity contribution in [3.05, 3.63) is 35.6 Å². The molecule has 5 nitrogen and oxygen atoms in total. The van der Waals surface area contributed by atoms with Crippen molar-refractivity contribution < 1.29 is 9.13 Å². The van der Waals surface area contributed by atoms with E-state index in [1.54, 1.807) is 12.1 Å². The second-order valence-electron chi connectivity index (χ2n) is 8.09. The Morgan fingerprint density at radius 1 is 1.21 bits per heavy atom. The summed E-state index contributed by atoms with van der Waals surface area (Å²) in [6.07, 6.45) is 5.38. The van der Waals surface area contributed by atoms with Crippen molar-refractivity contribution in [3.8, 4) is 0 Å². The third-order valence-electron chi connectivity index (χ3n) is 6.19. The molecule has 7 heteroatoms. The molecule has 0 atom stereocenters. The van der Waals surface area contributed by atoms with Gasteiger partial charge in [0, 0.05) is 51.4 Å². The molecule has 0 aromatic heterocycles. The summed E-state index contributed by atoms with van der Waals surface area (Å²) in [6.45, 7) is 7.99. The summed E-state index contributed by atoms with van der Waals surface area (Å²) in [5, 5.41) is 7.16. The highest BCUT2D eigenvalue weighted by molar-refractivity contribution is 14.0. The van der Waals surface area contributed by atoms with Crippen molar-refractivity contribution in [2.45, 2.75) is 50.5 Å². The number of guanidine groups is 1. The summed E-state index contributed by atoms with van der Waals surface area (Å²) in [5.74, 6) is 0.674. The minimum absolute atomic E-state index is 0. The lowest BCUT2D eigenvalue weighted by atomic mass is 9.74. The summed E-state index contributed by atoms with van der Waals surface area (Å²) >= 11 is 0. The summed E-state index contributed by atoms with van der Waals surface area (Å²) in [4.78, 5) is 6.99. The van der Waals surface area contributed by atoms with Crippen molar-refractivity contribution >= 4 is 29.9 Å². The smallest absolute Gasteiger partial charge is 0.191 e. The molecule has 1 aromatic rings. The number of halogens is 2. The van der Waals surface area contributed by atoms with Gasteiger partial charge < -0.3 is 20.3 Å². The van der Waals surface area contributed by atoms with Crippen LogP contribution in [0.4, 0.5) is 4.39 Å². The number of rotatable bonds is 6. The van der Waals surface area contributed by atoms with Gasteiger partial charge >= 0.3 is 0 Å². The zero-order valence-electron chi connectivity index (χ0n) is 17.8. The number of nitrogens with zero attached hydrogens (tertiary/aromatic N) is 2. The van der Waals surface area contributed by atoms with E-state index in [2.05, 4.69) is 27.4 Å². The zero-order chi connectivity index (χ0) is 19.8. The molecule has 0 spiro atoms. The van der Waals surface area contributed by atoms with E-state index >= 15 is 0 Å². The standard InChI is InChI=1S/C22H35FN4O.HI/c1-3-12-27-13-8-20(9-14-27)26-21(24-2)25-17-22(10-15-28-16-11-22)18-4-6-19(23)7-5-18;/h4-7,20H,3,8-17H2,1-2H3,(H2,24,25,26);1H. The fourth-order valence-corrected chi connectivity index (χ4v) is 4.39. The average molecular weight is 518 g/mol. The number of ether oxygens (including phenoxy) is 1. The van der Waals surface area contributed by atoms with Crippen LogP contribution in [0.15, 0.2) is 29.3 Å². The van der Waals surface area contributed by atoms with Crippen molar-refractivity contribution in [1.82, 2.24) is 15.5 Å². The highest BCUT2D eigenvalue weighted by atomic mass is 127. The van der Waals surface area contributed by atoms with Gasteiger partial charge in [-0.05, 0) is 56.3 Å². The Kier molecular flexibility index (Phi) is 10.1. The molecule has 0 radical (unpaired) electrons. The fourth-order valence-electron chi connectivity index (χ4n) is 4.39. The minimum atomic E-state index is -0.189. The minimum Gasteiger partial charge on any atom is -0.381 e. The van der Waals surface area contributed by atoms with Crippen LogP contribution in [0.5, 0.6) is 0 Å². The normalized spacial score (nSPS) is 20.7. The van der Waals surface area contributed by atoms with Crippen LogP contribution in [-0.4, -0.2) is 63.3 Å². The van der Waals surface area contributed by atoms with Gasteiger partial charge in [-0.1, -0.05) is 19.1 Å². The second-order valence-corrected chi connectivity index (χ2v) is 8.09. The van der Waals surface area contributed by atoms with Crippen molar-refractivity contribution in [3.63, 3.8) is 0 Å². The van der Waals surface area contributed by atoms with Gasteiger partial charge in [-0.25, -0.2) is 4.39 Å². The number of hydrogen-bond acceptors (Lipinski definition) is 3. The van der Waals surface area contributed by atoms with Gasteiger partial charge in [0.25, 0.3) is 0 Å². The molecule has 1 aromatic carbocycles. The number of hydrogen-bond donors (Lipinski definition) is 2. The molecule has 3 rings (SSSR count). The molecule has 0 amide bonds. The average Bonchev–Trinajstić information content (AvgIpc) is 2.73. The Bertz CT molecular complexity index is 626. The molecule has 0 aliphatic carbocycles. The van der Waals surface area contributed by atoms with Crippen molar-refractivity contribution in [2.75, 3.05) is 46.4 Å². The lowest BCUT2D eigenvalue weighted by Gasteiger charge is -2.39. The Hall–Kier alpha value is -0.930. The number of nitrogens with one attached hydrogen (secondary N) is 2. The summed E-state index contributed by atoms with van der Waals surface area (Å²) < 4.78 is 19.0. The molecule has 2 aliphatic rings. The van der Waals surface area contributed by atoms with E-state index in [0.717, 1.165) is 64.5 Å². The maximum atomic E-state index is 13.4. The van der Waals surface area contributed by atoms with Crippen LogP contribution in [0.1, 0.15) is 44.6 Å². The van der Waals surface area contributed by atoms with E-state index in [9.17, 15) is 4.39 Å². The van der Waals surface area contributed by atoms with Gasteiger partial charge in [-0.2, -0.15) is 0 Å². The van der Waals surface area contributed by atoms with E-state index in [-0.39, 0.29) is 35.2 Å². The van der Waals surface area contributed by atoms with Gasteiger partial charge in [0.1, 0.15) is 5.82 Å². The van der Waals surface area contributed by atoms with Crippen LogP contribution in [0.3, 0.4) is 0 Å². The van der Waals surface area contributed by atoms with Crippen LogP contribution in [0, 0.1) is 5.82 Å². The highest BCUT2D eigenvalue weighted by Crippen LogP contribution is 2.34. The molecule has 29 heavy (non-hydrogen) atoms. The number of likely N-dealkylation sites (tertiary alicyclic amines) is 1. The topological polar surface area (TPSA) is 48.9 Å². The molecule has 2 aliphatic heterocycles. The number of piperidine rings is 1. The second kappa shape index (κ2) is 12.1. The number of benzene rings is 1. The lowest BCUT2D eigenvalue weighted by Crippen LogP contribution is -2.52. The molecule has 2 heterocycles. The molecule has 0 unspecified atom stereocenters. The molecular formula is C22H36FIN4O. The largest absolute Gasteiger partial charge is 0.381 e. The Morgan fingerprint density at radius 3 is 2.45 bits per heavy atom. The summed E-state index contributed by atoms with van der Waals surface area (Å²) in [6, 6.07) is 7.42. The number of aliphatic imine (C=N–C) groups is 1. The van der Waals surface area contributed by atoms with Crippen molar-refractivity contribution in [1.29, 1.82) is 0 Å². The predicted octanol–water partition coefficient (Wildman–Crippen LogP) is 3.53. The maximum Gasteiger partial charge on any atom is 0.191 e. The molecule has 0 saturated carbocycles. The Balaban J connectivity index is 0.00000300. The quantitative estimate of drug-likeness (QED) is 0.344. The molecule has 2 fully saturated rings. The summed E-state index contributed by atoms with van der Waals surface area (Å²) in [7, 11) is 1.83. The maximum absolute atomic E-state index is 13.4. The molecule has 164 valence electrons. The van der Waals surface area contributed by atoms with E-state index in [1.165, 1.54) is 18.5 Å². The van der Waals surface area contributed by atoms with Crippen LogP contribution in [0.2, 0.25) is 0 Å². The third kappa shape index (κ3) is 6.79. The lowest BCUT2D eigenvalue weighted by molar-refractivity contribution is 0.0513. The molecule has 0 bridgehead atoms. The van der Waals surface area contributed by atoms with Gasteiger partial charge in [-0.15, -0.1) is 24.0 Å². The van der Waals surface area contributed by atoms with E-state index in [0.29, 0.717) is 6.04 Å². The third-order valence-corrected chi connectivity index (χ3v) is 6.19. The van der Waals surface area contributed by atoms with Crippen LogP contribution >= 0.6 is 24.0 Å². The van der Waals surface area contributed by atoms with Crippen molar-refractivity contribution in [2.24, 2.45) is 4.99 Å². The van der Waals surface area contributed by atoms with Crippen LogP contribution in [-0.2, 0) is 10.2 Å². The SMILES string of the molecule is CCCN1CCC(NC(=NC)NCC2(c3ccc(F)cc3)CCOCC2)CC1.I. The molecular weight excluding hydrogens is 482 g/mol. The van der Waals surface area contributed by atoms with Gasteiger partial charge in [-0.3, -0.25) is 4.99 Å². The van der Waals surface area contributed by atoms with E-state index in [1.807, 2.05) is 19.2 Å². The molecule has 2 N–H and O–H groups in total. The Morgan fingerprint density at radius 2 is 1.86 bits per heavy atom. The van der Waals surface area contributed by atoms with E-state index in [4.69, 9.17) is 4.74 Å². The summed E-state index contributed by atoms with van der Waals surface area (Å²) in [5.41, 5.74) is 1.13. The fraction of sp³-hybridized carbons (Fsp3) is 0.682. The zero-order valence-corrected chi connectivity index (χ0v) is 20.1. The van der Waals surface area contributed by atoms with Crippen LogP contribution in [0.25, 0.3) is 0 Å². The monoisotopic (exact) mass is 518 g/mol. The van der Waals surface area contributed by atoms with Gasteiger partial charge in [0.05, 0.1) is 0 Å². The first kappa shape index (κ1) is 24.3. The van der Waals surface area contributed by atoms with Crippen LogP contribution < -0.4 is 10.6 Å². The first-order valence-corrected chi connectivity index (χ1v) is 10.7. The predicted molar refractivity (Wildman–Crippen MR) is 128 cm³/mol. The highest BCUT2D eigenvalue weighted by Gasteiger charge is 2.35. The Labute approximate surface area is 191 Å². The van der Waals surface area contributed by atoms with E-state index < -0.39 is 0 Å². The van der Waals surface area contributed by atoms with Gasteiger partial charge in [0.15, 0.2) is 5.96 Å². The van der Waals surface area contributed by atoms with Gasteiger partial charge in [0.2, 0.25) is 0 Å². The molecule has 2 saturated heterocycles. The first-order chi connectivity index (χ1) is 13.6. The first-order valence-electron chi connectivity index (χ1n) is 10.7.